The number of carbonyl (C=O) groups is 1. The second-order valence-corrected chi connectivity index (χ2v) is 7.91. The van der Waals surface area contributed by atoms with E-state index < -0.39 is 23.8 Å². The minimum atomic E-state index is -2.75. The molecule has 0 radical (unpaired) electrons. The van der Waals surface area contributed by atoms with Crippen LogP contribution in [0.5, 0.6) is 5.75 Å². The van der Waals surface area contributed by atoms with Crippen LogP contribution in [-0.4, -0.2) is 29.3 Å². The molecule has 1 atom stereocenters. The van der Waals surface area contributed by atoms with Gasteiger partial charge in [0.1, 0.15) is 28.3 Å². The lowest BCUT2D eigenvalue weighted by atomic mass is 10.0. The summed E-state index contributed by atoms with van der Waals surface area (Å²) in [5.41, 5.74) is -1.05. The molecule has 0 saturated heterocycles. The molecule has 1 heterocycles. The van der Waals surface area contributed by atoms with Crippen LogP contribution in [0.2, 0.25) is 0 Å². The summed E-state index contributed by atoms with van der Waals surface area (Å²) in [6, 6.07) is 2.59. The van der Waals surface area contributed by atoms with Gasteiger partial charge in [-0.1, -0.05) is 13.8 Å². The Kier molecular flexibility index (Phi) is 8.05. The van der Waals surface area contributed by atoms with Gasteiger partial charge in [0.15, 0.2) is 0 Å². The third-order valence-electron chi connectivity index (χ3n) is 2.98. The van der Waals surface area contributed by atoms with E-state index in [0.717, 1.165) is 0 Å². The molecule has 0 spiro atoms. The monoisotopic (exact) mass is 422 g/mol. The van der Waals surface area contributed by atoms with Crippen molar-refractivity contribution in [2.24, 2.45) is 5.92 Å². The van der Waals surface area contributed by atoms with Crippen molar-refractivity contribution in [3.05, 3.63) is 22.4 Å². The molecule has 0 bridgehead atoms. The maximum atomic E-state index is 13.1. The molecule has 1 rings (SSSR count). The van der Waals surface area contributed by atoms with Gasteiger partial charge >= 0.3 is 6.09 Å². The smallest absolute Gasteiger partial charge is 0.407 e. The Labute approximate surface area is 155 Å². The van der Waals surface area contributed by atoms with Crippen LogP contribution in [0.4, 0.5) is 13.6 Å². The van der Waals surface area contributed by atoms with Crippen molar-refractivity contribution in [3.63, 3.8) is 0 Å². The molecule has 1 amide bonds. The first-order valence-corrected chi connectivity index (χ1v) is 8.84. The lowest BCUT2D eigenvalue weighted by Crippen LogP contribution is -2.42. The number of aromatic nitrogens is 1. The third kappa shape index (κ3) is 8.47. The SMILES string of the molecule is CC(C)C[C@@H](COc1ccc(Br)nc1C(F)F)NC(=O)OC(C)(C)C. The molecule has 0 aliphatic carbocycles. The minimum absolute atomic E-state index is 0.00190. The summed E-state index contributed by atoms with van der Waals surface area (Å²) in [6.07, 6.45) is -2.70. The summed E-state index contributed by atoms with van der Waals surface area (Å²) in [6.45, 7) is 9.33. The predicted molar refractivity (Wildman–Crippen MR) is 95.0 cm³/mol. The highest BCUT2D eigenvalue weighted by atomic mass is 79.9. The van der Waals surface area contributed by atoms with Gasteiger partial charge in [-0.05, 0) is 61.2 Å². The van der Waals surface area contributed by atoms with E-state index in [1.807, 2.05) is 13.8 Å². The molecule has 1 N–H and O–H groups in total. The zero-order valence-electron chi connectivity index (χ0n) is 15.1. The van der Waals surface area contributed by atoms with Gasteiger partial charge in [0.05, 0.1) is 6.04 Å². The molecule has 1 aromatic heterocycles. The van der Waals surface area contributed by atoms with Crippen LogP contribution in [0.25, 0.3) is 0 Å². The normalized spacial score (nSPS) is 13.0. The molecular formula is C17H25BrF2N2O3. The van der Waals surface area contributed by atoms with Gasteiger partial charge in [0.2, 0.25) is 0 Å². The number of nitrogens with one attached hydrogen (secondary N) is 1. The quantitative estimate of drug-likeness (QED) is 0.620. The van der Waals surface area contributed by atoms with E-state index in [4.69, 9.17) is 9.47 Å². The second-order valence-electron chi connectivity index (χ2n) is 7.10. The van der Waals surface area contributed by atoms with Gasteiger partial charge in [-0.2, -0.15) is 0 Å². The number of ether oxygens (including phenoxy) is 2. The lowest BCUT2D eigenvalue weighted by Gasteiger charge is -2.25. The highest BCUT2D eigenvalue weighted by Crippen LogP contribution is 2.29. The predicted octanol–water partition coefficient (Wildman–Crippen LogP) is 5.10. The molecule has 0 aliphatic heterocycles. The van der Waals surface area contributed by atoms with E-state index in [9.17, 15) is 13.6 Å². The van der Waals surface area contributed by atoms with Crippen LogP contribution in [0.1, 0.15) is 53.2 Å². The fourth-order valence-electron chi connectivity index (χ4n) is 2.12. The van der Waals surface area contributed by atoms with Gasteiger partial charge < -0.3 is 14.8 Å². The molecule has 0 unspecified atom stereocenters. The standard InChI is InChI=1S/C17H25BrF2N2O3/c1-10(2)8-11(21-16(23)25-17(3,4)5)9-24-12-6-7-13(18)22-14(12)15(19)20/h6-7,10-11,15H,8-9H2,1-5H3,(H,21,23)/t11-/m0/s1. The van der Waals surface area contributed by atoms with Crippen LogP contribution in [0.3, 0.4) is 0 Å². The Hall–Kier alpha value is -1.44. The number of alkyl halides is 2. The maximum Gasteiger partial charge on any atom is 0.407 e. The number of hydrogen-bond donors (Lipinski definition) is 1. The number of pyridine rings is 1. The summed E-state index contributed by atoms with van der Waals surface area (Å²) in [5, 5.41) is 2.73. The first-order valence-electron chi connectivity index (χ1n) is 8.05. The molecule has 0 aromatic carbocycles. The average Bonchev–Trinajstić information content (AvgIpc) is 2.42. The van der Waals surface area contributed by atoms with Gasteiger partial charge in [-0.25, -0.2) is 18.6 Å². The molecule has 5 nitrogen and oxygen atoms in total. The van der Waals surface area contributed by atoms with Crippen molar-refractivity contribution in [2.45, 2.75) is 59.1 Å². The zero-order chi connectivity index (χ0) is 19.2. The number of amides is 1. The maximum absolute atomic E-state index is 13.1. The lowest BCUT2D eigenvalue weighted by molar-refractivity contribution is 0.0478. The molecule has 1 aromatic rings. The van der Waals surface area contributed by atoms with Crippen molar-refractivity contribution >= 4 is 22.0 Å². The van der Waals surface area contributed by atoms with Crippen molar-refractivity contribution < 1.29 is 23.0 Å². The Bertz CT molecular complexity index is 578. The van der Waals surface area contributed by atoms with Crippen LogP contribution in [0.15, 0.2) is 16.7 Å². The highest BCUT2D eigenvalue weighted by Gasteiger charge is 2.22. The number of halogens is 3. The number of alkyl carbamates (subject to hydrolysis) is 1. The van der Waals surface area contributed by atoms with Crippen LogP contribution < -0.4 is 10.1 Å². The van der Waals surface area contributed by atoms with Crippen LogP contribution in [-0.2, 0) is 4.74 Å². The first-order chi connectivity index (χ1) is 11.5. The zero-order valence-corrected chi connectivity index (χ0v) is 16.7. The Morgan fingerprint density at radius 1 is 1.32 bits per heavy atom. The number of hydrogen-bond acceptors (Lipinski definition) is 4. The number of rotatable bonds is 7. The molecule has 0 saturated carbocycles. The minimum Gasteiger partial charge on any atom is -0.489 e. The molecule has 142 valence electrons. The number of carbonyl (C=O) groups excluding carboxylic acids is 1. The topological polar surface area (TPSA) is 60.5 Å². The molecular weight excluding hydrogens is 398 g/mol. The summed E-state index contributed by atoms with van der Waals surface area (Å²) < 4.78 is 37.2. The van der Waals surface area contributed by atoms with Crippen molar-refractivity contribution in [1.29, 1.82) is 0 Å². The van der Waals surface area contributed by atoms with E-state index in [2.05, 4.69) is 26.2 Å². The van der Waals surface area contributed by atoms with Gasteiger partial charge in [0.25, 0.3) is 6.43 Å². The van der Waals surface area contributed by atoms with Crippen molar-refractivity contribution in [2.75, 3.05) is 6.61 Å². The van der Waals surface area contributed by atoms with Crippen LogP contribution in [0, 0.1) is 5.92 Å². The van der Waals surface area contributed by atoms with E-state index in [1.165, 1.54) is 12.1 Å². The first kappa shape index (κ1) is 21.6. The van der Waals surface area contributed by atoms with E-state index >= 15 is 0 Å². The summed E-state index contributed by atoms with van der Waals surface area (Å²) in [5.74, 6) is 0.277. The van der Waals surface area contributed by atoms with Gasteiger partial charge in [-0.15, -0.1) is 0 Å². The van der Waals surface area contributed by atoms with Crippen molar-refractivity contribution in [3.8, 4) is 5.75 Å². The van der Waals surface area contributed by atoms with Crippen molar-refractivity contribution in [1.82, 2.24) is 10.3 Å². The Morgan fingerprint density at radius 2 is 1.96 bits per heavy atom. The molecule has 25 heavy (non-hydrogen) atoms. The average molecular weight is 423 g/mol. The van der Waals surface area contributed by atoms with Gasteiger partial charge in [0, 0.05) is 0 Å². The second kappa shape index (κ2) is 9.31. The molecule has 0 fully saturated rings. The van der Waals surface area contributed by atoms with Crippen LogP contribution >= 0.6 is 15.9 Å². The summed E-state index contributed by atoms with van der Waals surface area (Å²) >= 11 is 3.06. The summed E-state index contributed by atoms with van der Waals surface area (Å²) in [7, 11) is 0. The molecule has 8 heteroatoms. The van der Waals surface area contributed by atoms with E-state index in [0.29, 0.717) is 11.0 Å². The van der Waals surface area contributed by atoms with E-state index in [-0.39, 0.29) is 24.3 Å². The van der Waals surface area contributed by atoms with Gasteiger partial charge in [-0.3, -0.25) is 0 Å². The largest absolute Gasteiger partial charge is 0.489 e. The highest BCUT2D eigenvalue weighted by molar-refractivity contribution is 9.10. The Morgan fingerprint density at radius 3 is 2.48 bits per heavy atom. The van der Waals surface area contributed by atoms with E-state index in [1.54, 1.807) is 20.8 Å². The number of nitrogens with zero attached hydrogens (tertiary/aromatic N) is 1. The molecule has 0 aliphatic rings. The fraction of sp³-hybridized carbons (Fsp3) is 0.647. The Balaban J connectivity index is 2.78. The summed E-state index contributed by atoms with van der Waals surface area (Å²) in [4.78, 5) is 15.7. The third-order valence-corrected chi connectivity index (χ3v) is 3.42. The fourth-order valence-corrected chi connectivity index (χ4v) is 2.44.